The fourth-order valence-electron chi connectivity index (χ4n) is 3.82. The van der Waals surface area contributed by atoms with Crippen molar-refractivity contribution in [1.82, 2.24) is 15.3 Å². The third-order valence-corrected chi connectivity index (χ3v) is 6.36. The van der Waals surface area contributed by atoms with E-state index in [9.17, 15) is 14.4 Å². The van der Waals surface area contributed by atoms with E-state index in [1.165, 1.54) is 11.3 Å². The highest BCUT2D eigenvalue weighted by Crippen LogP contribution is 2.31. The van der Waals surface area contributed by atoms with Crippen molar-refractivity contribution in [2.24, 2.45) is 0 Å². The molecule has 0 unspecified atom stereocenters. The topological polar surface area (TPSA) is 120 Å². The molecule has 2 heterocycles. The van der Waals surface area contributed by atoms with Gasteiger partial charge in [-0.05, 0) is 62.4 Å². The number of fused-ring (bicyclic) bond motifs is 1. The number of rotatable bonds is 8. The van der Waals surface area contributed by atoms with Crippen molar-refractivity contribution in [3.8, 4) is 11.3 Å². The fourth-order valence-corrected chi connectivity index (χ4v) is 4.66. The lowest BCUT2D eigenvalue weighted by atomic mass is 10.1. The number of aromatic nitrogens is 2. The van der Waals surface area contributed by atoms with Gasteiger partial charge in [0.25, 0.3) is 5.91 Å². The number of amides is 2. The normalized spacial score (nSPS) is 11.2. The molecule has 2 amide bonds. The molecule has 4 rings (SSSR count). The van der Waals surface area contributed by atoms with E-state index in [1.807, 2.05) is 35.7 Å². The zero-order valence-corrected chi connectivity index (χ0v) is 23.1. The lowest BCUT2D eigenvalue weighted by Gasteiger charge is -2.19. The summed E-state index contributed by atoms with van der Waals surface area (Å²) in [6.45, 7) is 7.72. The Morgan fingerprint density at radius 3 is 2.56 bits per heavy atom. The van der Waals surface area contributed by atoms with Crippen molar-refractivity contribution < 1.29 is 23.9 Å². The first-order chi connectivity index (χ1) is 18.6. The largest absolute Gasteiger partial charge is 0.466 e. The van der Waals surface area contributed by atoms with Crippen LogP contribution in [0.5, 0.6) is 0 Å². The second kappa shape index (κ2) is 12.0. The highest BCUT2D eigenvalue weighted by molar-refractivity contribution is 7.17. The number of para-hydroxylation sites is 1. The summed E-state index contributed by atoms with van der Waals surface area (Å²) >= 11 is 1.48. The fraction of sp³-hybridized carbons (Fsp3) is 0.276. The SMILES string of the molecule is CCOC(=O)Cc1ccccc1NC(=O)c1nc(-c2cccc(CNC(=O)OC(C)(C)C)c2)c2sccc2n1. The van der Waals surface area contributed by atoms with Gasteiger partial charge in [-0.3, -0.25) is 9.59 Å². The molecule has 0 aliphatic rings. The van der Waals surface area contributed by atoms with Gasteiger partial charge in [-0.1, -0.05) is 36.4 Å². The van der Waals surface area contributed by atoms with E-state index in [2.05, 4.69) is 20.6 Å². The molecule has 0 radical (unpaired) electrons. The average molecular weight is 547 g/mol. The van der Waals surface area contributed by atoms with Gasteiger partial charge in [-0.2, -0.15) is 0 Å². The van der Waals surface area contributed by atoms with E-state index in [0.717, 1.165) is 15.8 Å². The maximum Gasteiger partial charge on any atom is 0.407 e. The number of nitrogens with one attached hydrogen (secondary N) is 2. The molecule has 4 aromatic rings. The lowest BCUT2D eigenvalue weighted by Crippen LogP contribution is -2.32. The zero-order valence-electron chi connectivity index (χ0n) is 22.2. The van der Waals surface area contributed by atoms with Gasteiger partial charge in [0.1, 0.15) is 5.60 Å². The number of hydrogen-bond acceptors (Lipinski definition) is 8. The van der Waals surface area contributed by atoms with Crippen LogP contribution in [0, 0.1) is 0 Å². The van der Waals surface area contributed by atoms with Gasteiger partial charge in [0.05, 0.1) is 28.9 Å². The average Bonchev–Trinajstić information content (AvgIpc) is 3.36. The quantitative estimate of drug-likeness (QED) is 0.270. The van der Waals surface area contributed by atoms with Crippen LogP contribution in [0.3, 0.4) is 0 Å². The minimum Gasteiger partial charge on any atom is -0.466 e. The molecule has 39 heavy (non-hydrogen) atoms. The Kier molecular flexibility index (Phi) is 8.55. The van der Waals surface area contributed by atoms with Crippen LogP contribution in [0.4, 0.5) is 10.5 Å². The number of hydrogen-bond donors (Lipinski definition) is 2. The highest BCUT2D eigenvalue weighted by Gasteiger charge is 2.19. The summed E-state index contributed by atoms with van der Waals surface area (Å²) < 4.78 is 11.2. The first-order valence-corrected chi connectivity index (χ1v) is 13.4. The van der Waals surface area contributed by atoms with Crippen LogP contribution in [0.1, 0.15) is 49.4 Å². The molecule has 202 valence electrons. The number of benzene rings is 2. The Bertz CT molecular complexity index is 1510. The first kappa shape index (κ1) is 27.7. The van der Waals surface area contributed by atoms with Crippen molar-refractivity contribution in [2.75, 3.05) is 11.9 Å². The maximum atomic E-state index is 13.3. The van der Waals surface area contributed by atoms with Crippen LogP contribution in [0.15, 0.2) is 60.0 Å². The molecule has 2 N–H and O–H groups in total. The summed E-state index contributed by atoms with van der Waals surface area (Å²) in [5, 5.41) is 7.50. The summed E-state index contributed by atoms with van der Waals surface area (Å²) in [5.41, 5.74) is 3.41. The number of anilines is 1. The molecular formula is C29H30N4O5S. The Balaban J connectivity index is 1.59. The van der Waals surface area contributed by atoms with Gasteiger partial charge >= 0.3 is 12.1 Å². The molecule has 9 nitrogen and oxygen atoms in total. The monoisotopic (exact) mass is 546 g/mol. The summed E-state index contributed by atoms with van der Waals surface area (Å²) in [5.74, 6) is -0.874. The Morgan fingerprint density at radius 1 is 1.00 bits per heavy atom. The predicted molar refractivity (Wildman–Crippen MR) is 151 cm³/mol. The second-order valence-electron chi connectivity index (χ2n) is 9.68. The van der Waals surface area contributed by atoms with E-state index in [1.54, 1.807) is 52.0 Å². The smallest absolute Gasteiger partial charge is 0.407 e. The van der Waals surface area contributed by atoms with Crippen LogP contribution < -0.4 is 10.6 Å². The summed E-state index contributed by atoms with van der Waals surface area (Å²) in [6.07, 6.45) is -0.470. The number of carbonyl (C=O) groups is 3. The Morgan fingerprint density at radius 2 is 1.79 bits per heavy atom. The van der Waals surface area contributed by atoms with Gasteiger partial charge in [0.15, 0.2) is 0 Å². The molecule has 2 aromatic heterocycles. The number of nitrogens with zero attached hydrogens (tertiary/aromatic N) is 2. The third kappa shape index (κ3) is 7.38. The van der Waals surface area contributed by atoms with Gasteiger partial charge in [0, 0.05) is 17.8 Å². The second-order valence-corrected chi connectivity index (χ2v) is 10.6. The van der Waals surface area contributed by atoms with E-state index in [-0.39, 0.29) is 31.4 Å². The maximum absolute atomic E-state index is 13.3. The standard InChI is InChI=1S/C29H30N4O5S/c1-5-37-23(34)16-19-10-6-7-12-21(19)32-27(35)26-31-22-13-14-39-25(22)24(33-26)20-11-8-9-18(15-20)17-30-28(36)38-29(2,3)4/h6-15H,5,16-17H2,1-4H3,(H,30,36)(H,32,35). The van der Waals surface area contributed by atoms with Crippen LogP contribution in [0.25, 0.3) is 21.5 Å². The lowest BCUT2D eigenvalue weighted by molar-refractivity contribution is -0.142. The van der Waals surface area contributed by atoms with Gasteiger partial charge in [-0.15, -0.1) is 11.3 Å². The van der Waals surface area contributed by atoms with E-state index in [0.29, 0.717) is 22.5 Å². The van der Waals surface area contributed by atoms with Crippen molar-refractivity contribution in [2.45, 2.75) is 46.3 Å². The van der Waals surface area contributed by atoms with Gasteiger partial charge in [0.2, 0.25) is 5.82 Å². The van der Waals surface area contributed by atoms with Crippen LogP contribution in [0.2, 0.25) is 0 Å². The van der Waals surface area contributed by atoms with Crippen LogP contribution in [-0.2, 0) is 27.2 Å². The number of ether oxygens (including phenoxy) is 2. The van der Waals surface area contributed by atoms with Gasteiger partial charge < -0.3 is 20.1 Å². The Hall–Kier alpha value is -4.31. The van der Waals surface area contributed by atoms with Crippen LogP contribution >= 0.6 is 11.3 Å². The van der Waals surface area contributed by atoms with E-state index >= 15 is 0 Å². The highest BCUT2D eigenvalue weighted by atomic mass is 32.1. The summed E-state index contributed by atoms with van der Waals surface area (Å²) in [7, 11) is 0. The molecular weight excluding hydrogens is 516 g/mol. The number of alkyl carbamates (subject to hydrolysis) is 1. The number of thiophene rings is 1. The van der Waals surface area contributed by atoms with E-state index in [4.69, 9.17) is 9.47 Å². The molecule has 10 heteroatoms. The molecule has 0 saturated heterocycles. The van der Waals surface area contributed by atoms with Crippen molar-refractivity contribution in [1.29, 1.82) is 0 Å². The first-order valence-electron chi connectivity index (χ1n) is 12.5. The van der Waals surface area contributed by atoms with Crippen molar-refractivity contribution in [3.05, 3.63) is 76.9 Å². The molecule has 0 fully saturated rings. The predicted octanol–water partition coefficient (Wildman–Crippen LogP) is 5.74. The van der Waals surface area contributed by atoms with Crippen molar-refractivity contribution >= 4 is 45.2 Å². The van der Waals surface area contributed by atoms with E-state index < -0.39 is 17.6 Å². The molecule has 0 aliphatic heterocycles. The van der Waals surface area contributed by atoms with Crippen LogP contribution in [-0.4, -0.2) is 40.1 Å². The minimum absolute atomic E-state index is 0.000814. The van der Waals surface area contributed by atoms with Crippen molar-refractivity contribution in [3.63, 3.8) is 0 Å². The minimum atomic E-state index is -0.589. The zero-order chi connectivity index (χ0) is 28.0. The summed E-state index contributed by atoms with van der Waals surface area (Å²) in [4.78, 5) is 46.5. The molecule has 0 aliphatic carbocycles. The number of esters is 1. The third-order valence-electron chi connectivity index (χ3n) is 5.45. The Labute approximate surface area is 230 Å². The van der Waals surface area contributed by atoms with Gasteiger partial charge in [-0.25, -0.2) is 14.8 Å². The molecule has 0 bridgehead atoms. The summed E-state index contributed by atoms with van der Waals surface area (Å²) in [6, 6.07) is 16.5. The molecule has 0 spiro atoms. The molecule has 2 aromatic carbocycles. The molecule has 0 saturated carbocycles. The number of carbonyl (C=O) groups excluding carboxylic acids is 3. The molecule has 0 atom stereocenters.